The summed E-state index contributed by atoms with van der Waals surface area (Å²) in [5, 5.41) is 0. The van der Waals surface area contributed by atoms with Crippen LogP contribution >= 0.6 is 11.8 Å². The van der Waals surface area contributed by atoms with Crippen LogP contribution in [0.2, 0.25) is 0 Å². The van der Waals surface area contributed by atoms with Gasteiger partial charge in [-0.25, -0.2) is 23.4 Å². The topological polar surface area (TPSA) is 89.2 Å². The zero-order valence-corrected chi connectivity index (χ0v) is 18.8. The molecule has 7 nitrogen and oxygen atoms in total. The van der Waals surface area contributed by atoms with Gasteiger partial charge in [0.25, 0.3) is 0 Å². The van der Waals surface area contributed by atoms with Gasteiger partial charge in [0, 0.05) is 43.2 Å². The minimum Gasteiger partial charge on any atom is -0.441 e. The lowest BCUT2D eigenvalue weighted by Crippen LogP contribution is -2.24. The maximum Gasteiger partial charge on any atom is 0.231 e. The van der Waals surface area contributed by atoms with Crippen molar-refractivity contribution in [2.45, 2.75) is 37.5 Å². The Morgan fingerprint density at radius 3 is 2.52 bits per heavy atom. The van der Waals surface area contributed by atoms with Gasteiger partial charge in [0.15, 0.2) is 11.5 Å². The third-order valence-electron chi connectivity index (χ3n) is 4.91. The van der Waals surface area contributed by atoms with E-state index in [0.29, 0.717) is 23.1 Å². The standard InChI is InChI=1S/C20H26N4O3S2/c1-14(5-9-19-21-12-16(28-3)13-22-19)6-10-20-23-17-8-7-15(11-18(17)27-20)24(2)29(4,25)26/h7-8,11-14H,5-6,9-10H2,1-4H3. The number of aromatic nitrogens is 3. The molecule has 1 aromatic carbocycles. The van der Waals surface area contributed by atoms with E-state index < -0.39 is 10.0 Å². The summed E-state index contributed by atoms with van der Waals surface area (Å²) < 4.78 is 30.5. The molecule has 1 unspecified atom stereocenters. The lowest BCUT2D eigenvalue weighted by Gasteiger charge is -2.15. The fourth-order valence-corrected chi connectivity index (χ4v) is 3.74. The van der Waals surface area contributed by atoms with Crippen LogP contribution in [0.1, 0.15) is 31.5 Å². The number of benzene rings is 1. The number of fused-ring (bicyclic) bond motifs is 1. The average molecular weight is 435 g/mol. The van der Waals surface area contributed by atoms with Crippen molar-refractivity contribution >= 4 is 38.6 Å². The molecule has 0 aliphatic rings. The van der Waals surface area contributed by atoms with Gasteiger partial charge >= 0.3 is 0 Å². The molecule has 1 atom stereocenters. The van der Waals surface area contributed by atoms with Gasteiger partial charge < -0.3 is 4.42 Å². The maximum absolute atomic E-state index is 11.7. The zero-order valence-electron chi connectivity index (χ0n) is 17.1. The molecule has 156 valence electrons. The molecule has 0 aliphatic carbocycles. The fraction of sp³-hybridized carbons (Fsp3) is 0.450. The largest absolute Gasteiger partial charge is 0.441 e. The molecule has 2 aromatic heterocycles. The van der Waals surface area contributed by atoms with Gasteiger partial charge in [-0.2, -0.15) is 0 Å². The van der Waals surface area contributed by atoms with Crippen LogP contribution in [0, 0.1) is 5.92 Å². The molecule has 0 saturated heterocycles. The molecule has 0 spiro atoms. The molecule has 2 heterocycles. The lowest BCUT2D eigenvalue weighted by molar-refractivity contribution is 0.444. The number of anilines is 1. The maximum atomic E-state index is 11.7. The molecule has 3 rings (SSSR count). The minimum absolute atomic E-state index is 0.487. The van der Waals surface area contributed by atoms with E-state index in [9.17, 15) is 8.42 Å². The molecular formula is C20H26N4O3S2. The fourth-order valence-electron chi connectivity index (χ4n) is 2.92. The smallest absolute Gasteiger partial charge is 0.231 e. The van der Waals surface area contributed by atoms with Crippen molar-refractivity contribution in [3.8, 4) is 0 Å². The van der Waals surface area contributed by atoms with Gasteiger partial charge in [0.1, 0.15) is 11.3 Å². The number of nitrogens with zero attached hydrogens (tertiary/aromatic N) is 4. The molecule has 9 heteroatoms. The van der Waals surface area contributed by atoms with Crippen LogP contribution in [0.4, 0.5) is 5.69 Å². The molecular weight excluding hydrogens is 408 g/mol. The first-order valence-electron chi connectivity index (χ1n) is 9.44. The summed E-state index contributed by atoms with van der Waals surface area (Å²) >= 11 is 1.64. The van der Waals surface area contributed by atoms with E-state index >= 15 is 0 Å². The SMILES string of the molecule is CSc1cnc(CCC(C)CCc2nc3ccc(N(C)S(C)(=O)=O)cc3o2)nc1. The first-order valence-corrected chi connectivity index (χ1v) is 12.5. The highest BCUT2D eigenvalue weighted by atomic mass is 32.2. The van der Waals surface area contributed by atoms with Gasteiger partial charge in [-0.1, -0.05) is 6.92 Å². The van der Waals surface area contributed by atoms with E-state index in [1.165, 1.54) is 17.6 Å². The van der Waals surface area contributed by atoms with Gasteiger partial charge in [-0.15, -0.1) is 11.8 Å². The summed E-state index contributed by atoms with van der Waals surface area (Å²) in [6.07, 6.45) is 10.5. The second-order valence-electron chi connectivity index (χ2n) is 7.21. The molecule has 0 radical (unpaired) electrons. The number of aryl methyl sites for hydroxylation is 2. The summed E-state index contributed by atoms with van der Waals surface area (Å²) in [5.41, 5.74) is 1.90. The van der Waals surface area contributed by atoms with E-state index in [1.807, 2.05) is 18.6 Å². The van der Waals surface area contributed by atoms with Crippen molar-refractivity contribution in [1.29, 1.82) is 0 Å². The molecule has 3 aromatic rings. The Hall–Kier alpha value is -2.13. The Kier molecular flexibility index (Phi) is 6.79. The van der Waals surface area contributed by atoms with Gasteiger partial charge in [0.2, 0.25) is 10.0 Å². The third-order valence-corrected chi connectivity index (χ3v) is 6.79. The van der Waals surface area contributed by atoms with Crippen LogP contribution in [0.15, 0.2) is 39.9 Å². The number of rotatable bonds is 9. The molecule has 0 fully saturated rings. The summed E-state index contributed by atoms with van der Waals surface area (Å²) in [5.74, 6) is 2.03. The van der Waals surface area contributed by atoms with E-state index in [1.54, 1.807) is 30.0 Å². The quantitative estimate of drug-likeness (QED) is 0.471. The first kappa shape index (κ1) is 21.6. The molecule has 0 saturated carbocycles. The molecule has 0 N–H and O–H groups in total. The number of hydrogen-bond acceptors (Lipinski definition) is 7. The highest BCUT2D eigenvalue weighted by molar-refractivity contribution is 7.98. The normalized spacial score (nSPS) is 13.0. The van der Waals surface area contributed by atoms with Crippen molar-refractivity contribution in [1.82, 2.24) is 15.0 Å². The molecule has 0 bridgehead atoms. The Morgan fingerprint density at radius 1 is 1.17 bits per heavy atom. The monoisotopic (exact) mass is 434 g/mol. The second kappa shape index (κ2) is 9.13. The van der Waals surface area contributed by atoms with Crippen molar-refractivity contribution in [3.63, 3.8) is 0 Å². The van der Waals surface area contributed by atoms with Crippen LogP contribution in [0.3, 0.4) is 0 Å². The summed E-state index contributed by atoms with van der Waals surface area (Å²) in [6, 6.07) is 5.24. The average Bonchev–Trinajstić information content (AvgIpc) is 3.12. The molecule has 0 amide bonds. The number of thioether (sulfide) groups is 1. The van der Waals surface area contributed by atoms with Crippen LogP contribution in [-0.4, -0.2) is 42.9 Å². The van der Waals surface area contributed by atoms with Crippen molar-refractivity contribution in [2.75, 3.05) is 23.9 Å². The number of sulfonamides is 1. The van der Waals surface area contributed by atoms with Crippen molar-refractivity contribution in [3.05, 3.63) is 42.3 Å². The Labute approximate surface area is 176 Å². The summed E-state index contributed by atoms with van der Waals surface area (Å²) in [6.45, 7) is 2.21. The van der Waals surface area contributed by atoms with Crippen LogP contribution < -0.4 is 4.31 Å². The second-order valence-corrected chi connectivity index (χ2v) is 10.1. The summed E-state index contributed by atoms with van der Waals surface area (Å²) in [4.78, 5) is 14.4. The predicted molar refractivity (Wildman–Crippen MR) is 117 cm³/mol. The van der Waals surface area contributed by atoms with Crippen molar-refractivity contribution in [2.24, 2.45) is 5.92 Å². The molecule has 29 heavy (non-hydrogen) atoms. The van der Waals surface area contributed by atoms with E-state index in [4.69, 9.17) is 4.42 Å². The van der Waals surface area contributed by atoms with E-state index in [-0.39, 0.29) is 0 Å². The van der Waals surface area contributed by atoms with Crippen molar-refractivity contribution < 1.29 is 12.8 Å². The Balaban J connectivity index is 1.56. The van der Waals surface area contributed by atoms with Gasteiger partial charge in [0.05, 0.1) is 11.9 Å². The van der Waals surface area contributed by atoms with E-state index in [0.717, 1.165) is 41.9 Å². The Bertz CT molecular complexity index is 1070. The molecule has 0 aliphatic heterocycles. The van der Waals surface area contributed by atoms with Crippen LogP contribution in [0.25, 0.3) is 11.1 Å². The highest BCUT2D eigenvalue weighted by Crippen LogP contribution is 2.25. The van der Waals surface area contributed by atoms with Crippen LogP contribution in [0.5, 0.6) is 0 Å². The first-order chi connectivity index (χ1) is 13.8. The third kappa shape index (κ3) is 5.70. The zero-order chi connectivity index (χ0) is 21.0. The summed E-state index contributed by atoms with van der Waals surface area (Å²) in [7, 11) is -1.79. The lowest BCUT2D eigenvalue weighted by atomic mass is 9.99. The highest BCUT2D eigenvalue weighted by Gasteiger charge is 2.15. The van der Waals surface area contributed by atoms with Gasteiger partial charge in [-0.3, -0.25) is 4.31 Å². The number of hydrogen-bond donors (Lipinski definition) is 0. The Morgan fingerprint density at radius 2 is 1.86 bits per heavy atom. The predicted octanol–water partition coefficient (Wildman–Crippen LogP) is 3.94. The van der Waals surface area contributed by atoms with Gasteiger partial charge in [-0.05, 0) is 37.1 Å². The number of oxazole rings is 1. The van der Waals surface area contributed by atoms with Crippen LogP contribution in [-0.2, 0) is 22.9 Å². The minimum atomic E-state index is -3.31. The van der Waals surface area contributed by atoms with E-state index in [2.05, 4.69) is 21.9 Å².